The number of methoxy groups -OCH3 is 1. The minimum absolute atomic E-state index is 0.260. The lowest BCUT2D eigenvalue weighted by Crippen LogP contribution is -2.46. The highest BCUT2D eigenvalue weighted by molar-refractivity contribution is 8.00. The summed E-state index contributed by atoms with van der Waals surface area (Å²) < 4.78 is 4.72. The van der Waals surface area contributed by atoms with Crippen LogP contribution in [0.1, 0.15) is 33.1 Å². The fraction of sp³-hybridized carbons (Fsp3) is 0.900. The minimum atomic E-state index is -0.721. The first-order chi connectivity index (χ1) is 6.48. The van der Waals surface area contributed by atoms with E-state index in [0.717, 1.165) is 19.3 Å². The van der Waals surface area contributed by atoms with Crippen molar-refractivity contribution in [1.82, 2.24) is 0 Å². The molecule has 0 heterocycles. The third-order valence-electron chi connectivity index (χ3n) is 2.56. The molecule has 1 aliphatic carbocycles. The van der Waals surface area contributed by atoms with E-state index in [0.29, 0.717) is 10.5 Å². The average Bonchev–Trinajstić information content (AvgIpc) is 2.46. The Morgan fingerprint density at radius 3 is 2.79 bits per heavy atom. The minimum Gasteiger partial charge on any atom is -0.468 e. The first kappa shape index (κ1) is 11.9. The quantitative estimate of drug-likeness (QED) is 0.729. The smallest absolute Gasteiger partial charge is 0.325 e. The van der Waals surface area contributed by atoms with Crippen molar-refractivity contribution in [3.05, 3.63) is 0 Å². The van der Waals surface area contributed by atoms with Crippen LogP contribution < -0.4 is 5.73 Å². The molecule has 3 nitrogen and oxygen atoms in total. The van der Waals surface area contributed by atoms with Crippen LogP contribution in [0.15, 0.2) is 0 Å². The Labute approximate surface area is 89.8 Å². The van der Waals surface area contributed by atoms with Crippen molar-refractivity contribution in [3.8, 4) is 0 Å². The van der Waals surface area contributed by atoms with E-state index >= 15 is 0 Å². The highest BCUT2D eigenvalue weighted by atomic mass is 32.2. The van der Waals surface area contributed by atoms with Crippen molar-refractivity contribution in [2.45, 2.75) is 49.1 Å². The summed E-state index contributed by atoms with van der Waals surface area (Å²) in [5.74, 6) is -0.260. The molecule has 2 atom stereocenters. The molecule has 1 rings (SSSR count). The lowest BCUT2D eigenvalue weighted by molar-refractivity contribution is -0.146. The molecule has 0 spiro atoms. The van der Waals surface area contributed by atoms with Gasteiger partial charge in [-0.25, -0.2) is 0 Å². The Morgan fingerprint density at radius 2 is 2.29 bits per heavy atom. The van der Waals surface area contributed by atoms with E-state index in [1.165, 1.54) is 7.11 Å². The van der Waals surface area contributed by atoms with Gasteiger partial charge in [0.1, 0.15) is 5.54 Å². The first-order valence-electron chi connectivity index (χ1n) is 5.00. The van der Waals surface area contributed by atoms with Gasteiger partial charge in [0.2, 0.25) is 0 Å². The molecule has 4 heteroatoms. The third kappa shape index (κ3) is 2.64. The molecular formula is C10H19NO2S. The van der Waals surface area contributed by atoms with Crippen molar-refractivity contribution in [1.29, 1.82) is 0 Å². The zero-order valence-corrected chi connectivity index (χ0v) is 9.89. The van der Waals surface area contributed by atoms with Crippen LogP contribution in [0.3, 0.4) is 0 Å². The van der Waals surface area contributed by atoms with Gasteiger partial charge in [0.05, 0.1) is 7.11 Å². The zero-order valence-electron chi connectivity index (χ0n) is 9.08. The van der Waals surface area contributed by atoms with Gasteiger partial charge in [-0.3, -0.25) is 4.79 Å². The summed E-state index contributed by atoms with van der Waals surface area (Å²) in [6.45, 7) is 4.33. The Bertz CT molecular complexity index is 220. The summed E-state index contributed by atoms with van der Waals surface area (Å²) >= 11 is 1.90. The van der Waals surface area contributed by atoms with Crippen molar-refractivity contribution >= 4 is 17.7 Å². The molecule has 2 N–H and O–H groups in total. The number of thioether (sulfide) groups is 1. The number of ether oxygens (including phenoxy) is 1. The van der Waals surface area contributed by atoms with Crippen LogP contribution in [0.4, 0.5) is 0 Å². The highest BCUT2D eigenvalue weighted by Crippen LogP contribution is 2.37. The Balaban J connectivity index is 2.51. The molecule has 2 unspecified atom stereocenters. The number of nitrogens with two attached hydrogens (primary N) is 1. The van der Waals surface area contributed by atoms with Crippen LogP contribution in [-0.2, 0) is 9.53 Å². The summed E-state index contributed by atoms with van der Waals surface area (Å²) in [5, 5.41) is 1.11. The molecule has 1 fully saturated rings. The number of carbonyl (C=O) groups is 1. The van der Waals surface area contributed by atoms with E-state index in [1.807, 2.05) is 11.8 Å². The first-order valence-corrected chi connectivity index (χ1v) is 5.95. The molecule has 0 bridgehead atoms. The van der Waals surface area contributed by atoms with E-state index in [4.69, 9.17) is 10.5 Å². The summed E-state index contributed by atoms with van der Waals surface area (Å²) in [4.78, 5) is 11.4. The van der Waals surface area contributed by atoms with Crippen molar-refractivity contribution in [2.75, 3.05) is 7.11 Å². The molecule has 0 amide bonds. The molecule has 0 saturated heterocycles. The van der Waals surface area contributed by atoms with Gasteiger partial charge in [0.15, 0.2) is 0 Å². The predicted octanol–water partition coefficient (Wildman–Crippen LogP) is 1.55. The van der Waals surface area contributed by atoms with E-state index in [2.05, 4.69) is 13.8 Å². The molecule has 0 aromatic rings. The highest BCUT2D eigenvalue weighted by Gasteiger charge is 2.43. The Morgan fingerprint density at radius 1 is 1.64 bits per heavy atom. The second-order valence-electron chi connectivity index (χ2n) is 4.20. The van der Waals surface area contributed by atoms with Gasteiger partial charge < -0.3 is 10.5 Å². The van der Waals surface area contributed by atoms with E-state index < -0.39 is 5.54 Å². The normalized spacial score (nSPS) is 32.2. The molecule has 14 heavy (non-hydrogen) atoms. The van der Waals surface area contributed by atoms with Gasteiger partial charge in [-0.15, -0.1) is 0 Å². The van der Waals surface area contributed by atoms with Crippen LogP contribution in [0.2, 0.25) is 0 Å². The molecule has 0 aliphatic heterocycles. The third-order valence-corrected chi connectivity index (χ3v) is 3.89. The number of hydrogen-bond acceptors (Lipinski definition) is 4. The lowest BCUT2D eigenvalue weighted by Gasteiger charge is -2.20. The van der Waals surface area contributed by atoms with Crippen LogP contribution in [0.25, 0.3) is 0 Å². The molecule has 1 saturated carbocycles. The Kier molecular flexibility index (Phi) is 3.84. The van der Waals surface area contributed by atoms with Gasteiger partial charge in [-0.1, -0.05) is 13.8 Å². The average molecular weight is 217 g/mol. The maximum atomic E-state index is 11.4. The monoisotopic (exact) mass is 217 g/mol. The summed E-state index contributed by atoms with van der Waals surface area (Å²) in [7, 11) is 1.40. The van der Waals surface area contributed by atoms with E-state index in [1.54, 1.807) is 0 Å². The summed E-state index contributed by atoms with van der Waals surface area (Å²) in [5.41, 5.74) is 5.27. The second kappa shape index (κ2) is 4.53. The number of carbonyl (C=O) groups excluding carboxylic acids is 1. The number of rotatable bonds is 3. The molecule has 1 aliphatic rings. The number of esters is 1. The van der Waals surface area contributed by atoms with E-state index in [-0.39, 0.29) is 5.97 Å². The molecule has 0 radical (unpaired) electrons. The van der Waals surface area contributed by atoms with Gasteiger partial charge in [-0.2, -0.15) is 11.8 Å². The SMILES string of the molecule is COC(=O)C1(N)CCC(SC(C)C)C1. The van der Waals surface area contributed by atoms with E-state index in [9.17, 15) is 4.79 Å². The molecule has 0 aromatic heterocycles. The van der Waals surface area contributed by atoms with Gasteiger partial charge in [0, 0.05) is 5.25 Å². The van der Waals surface area contributed by atoms with Gasteiger partial charge >= 0.3 is 5.97 Å². The number of hydrogen-bond donors (Lipinski definition) is 1. The maximum Gasteiger partial charge on any atom is 0.325 e. The van der Waals surface area contributed by atoms with Crippen molar-refractivity contribution in [2.24, 2.45) is 5.73 Å². The van der Waals surface area contributed by atoms with Crippen LogP contribution in [0, 0.1) is 0 Å². The maximum absolute atomic E-state index is 11.4. The summed E-state index contributed by atoms with van der Waals surface area (Å²) in [6, 6.07) is 0. The topological polar surface area (TPSA) is 52.3 Å². The van der Waals surface area contributed by atoms with Crippen molar-refractivity contribution in [3.63, 3.8) is 0 Å². The van der Waals surface area contributed by atoms with Gasteiger partial charge in [0.25, 0.3) is 0 Å². The molecule has 0 aromatic carbocycles. The Hall–Kier alpha value is -0.220. The predicted molar refractivity (Wildman–Crippen MR) is 59.3 cm³/mol. The zero-order chi connectivity index (χ0) is 10.8. The fourth-order valence-electron chi connectivity index (χ4n) is 1.92. The summed E-state index contributed by atoms with van der Waals surface area (Å²) in [6.07, 6.45) is 2.53. The van der Waals surface area contributed by atoms with Crippen LogP contribution in [-0.4, -0.2) is 29.1 Å². The lowest BCUT2D eigenvalue weighted by atomic mass is 10.00. The van der Waals surface area contributed by atoms with Crippen LogP contribution >= 0.6 is 11.8 Å². The second-order valence-corrected chi connectivity index (χ2v) is 6.08. The molecular weight excluding hydrogens is 198 g/mol. The largest absolute Gasteiger partial charge is 0.468 e. The fourth-order valence-corrected chi connectivity index (χ4v) is 3.34. The van der Waals surface area contributed by atoms with Crippen molar-refractivity contribution < 1.29 is 9.53 Å². The van der Waals surface area contributed by atoms with Crippen LogP contribution in [0.5, 0.6) is 0 Å². The molecule has 82 valence electrons. The van der Waals surface area contributed by atoms with Gasteiger partial charge in [-0.05, 0) is 24.5 Å². The standard InChI is InChI=1S/C10H19NO2S/c1-7(2)14-8-4-5-10(11,6-8)9(12)13-3/h7-8H,4-6,11H2,1-3H3.